The van der Waals surface area contributed by atoms with E-state index in [9.17, 15) is 9.59 Å². The molecule has 1 atom stereocenters. The van der Waals surface area contributed by atoms with Gasteiger partial charge < -0.3 is 10.2 Å². The predicted molar refractivity (Wildman–Crippen MR) is 80.0 cm³/mol. The lowest BCUT2D eigenvalue weighted by molar-refractivity contribution is -0.117. The van der Waals surface area contributed by atoms with Crippen molar-refractivity contribution >= 4 is 17.4 Å². The second kappa shape index (κ2) is 6.66. The number of carbonyl (C=O) groups is 2. The molecule has 108 valence electrons. The fourth-order valence-corrected chi connectivity index (χ4v) is 2.64. The van der Waals surface area contributed by atoms with E-state index in [4.69, 9.17) is 0 Å². The van der Waals surface area contributed by atoms with E-state index in [1.165, 1.54) is 19.8 Å². The molecule has 4 heteroatoms. The molecular weight excluding hydrogens is 252 g/mol. The lowest BCUT2D eigenvalue weighted by atomic mass is 10.00. The largest absolute Gasteiger partial charge is 0.326 e. The quantitative estimate of drug-likeness (QED) is 0.859. The second-order valence-electron chi connectivity index (χ2n) is 5.52. The maximum atomic E-state index is 12.1. The van der Waals surface area contributed by atoms with Gasteiger partial charge >= 0.3 is 0 Å². The van der Waals surface area contributed by atoms with Crippen molar-refractivity contribution < 1.29 is 9.59 Å². The summed E-state index contributed by atoms with van der Waals surface area (Å²) in [4.78, 5) is 25.7. The fraction of sp³-hybridized carbons (Fsp3) is 0.500. The molecule has 0 aliphatic carbocycles. The third kappa shape index (κ3) is 3.90. The van der Waals surface area contributed by atoms with Gasteiger partial charge in [0.2, 0.25) is 5.91 Å². The van der Waals surface area contributed by atoms with E-state index < -0.39 is 0 Å². The highest BCUT2D eigenvalue weighted by Gasteiger charge is 2.21. The Morgan fingerprint density at radius 1 is 1.35 bits per heavy atom. The van der Waals surface area contributed by atoms with Gasteiger partial charge in [0.1, 0.15) is 0 Å². The Morgan fingerprint density at radius 2 is 2.15 bits per heavy atom. The Labute approximate surface area is 120 Å². The van der Waals surface area contributed by atoms with Gasteiger partial charge in [0.15, 0.2) is 5.78 Å². The number of carbonyl (C=O) groups excluding carboxylic acids is 2. The van der Waals surface area contributed by atoms with E-state index in [0.717, 1.165) is 13.0 Å². The molecule has 1 aliphatic heterocycles. The smallest absolute Gasteiger partial charge is 0.225 e. The zero-order valence-corrected chi connectivity index (χ0v) is 12.2. The molecule has 1 N–H and O–H groups in total. The number of hydrogen-bond acceptors (Lipinski definition) is 3. The van der Waals surface area contributed by atoms with Crippen LogP contribution in [0.3, 0.4) is 0 Å². The van der Waals surface area contributed by atoms with Crippen molar-refractivity contribution in [2.24, 2.45) is 0 Å². The molecule has 0 aromatic heterocycles. The number of piperidine rings is 1. The molecule has 0 bridgehead atoms. The molecule has 0 saturated carbocycles. The zero-order chi connectivity index (χ0) is 14.5. The summed E-state index contributed by atoms with van der Waals surface area (Å²) in [5.41, 5.74) is 1.32. The number of hydrogen-bond donors (Lipinski definition) is 1. The lowest BCUT2D eigenvalue weighted by Crippen LogP contribution is -2.38. The molecule has 1 saturated heterocycles. The van der Waals surface area contributed by atoms with Crippen LogP contribution in [0.15, 0.2) is 24.3 Å². The van der Waals surface area contributed by atoms with E-state index in [1.807, 2.05) is 6.07 Å². The topological polar surface area (TPSA) is 49.4 Å². The molecule has 20 heavy (non-hydrogen) atoms. The van der Waals surface area contributed by atoms with Crippen LogP contribution in [0.25, 0.3) is 0 Å². The van der Waals surface area contributed by atoms with Gasteiger partial charge in [0.05, 0.1) is 0 Å². The molecule has 1 heterocycles. The number of ketones is 1. The Morgan fingerprint density at radius 3 is 2.85 bits per heavy atom. The van der Waals surface area contributed by atoms with Gasteiger partial charge in [-0.05, 0) is 45.5 Å². The number of anilines is 1. The SMILES string of the molecule is CC(=O)c1cccc(NC(=O)CC2CCCCN2C)c1. The van der Waals surface area contributed by atoms with Crippen LogP contribution < -0.4 is 5.32 Å². The van der Waals surface area contributed by atoms with Gasteiger partial charge in [0, 0.05) is 23.7 Å². The summed E-state index contributed by atoms with van der Waals surface area (Å²) in [7, 11) is 2.08. The molecule has 2 rings (SSSR count). The summed E-state index contributed by atoms with van der Waals surface area (Å²) in [6, 6.07) is 7.42. The van der Waals surface area contributed by atoms with Gasteiger partial charge in [-0.2, -0.15) is 0 Å². The standard InChI is InChI=1S/C16H22N2O2/c1-12(19)13-6-5-7-14(10-13)17-16(20)11-15-8-3-4-9-18(15)2/h5-7,10,15H,3-4,8-9,11H2,1-2H3,(H,17,20). The normalized spacial score (nSPS) is 19.6. The highest BCUT2D eigenvalue weighted by Crippen LogP contribution is 2.19. The maximum Gasteiger partial charge on any atom is 0.225 e. The zero-order valence-electron chi connectivity index (χ0n) is 12.2. The summed E-state index contributed by atoms with van der Waals surface area (Å²) in [6.07, 6.45) is 4.01. The van der Waals surface area contributed by atoms with E-state index in [0.29, 0.717) is 23.7 Å². The van der Waals surface area contributed by atoms with Crippen LogP contribution in [0.4, 0.5) is 5.69 Å². The molecule has 1 amide bonds. The summed E-state index contributed by atoms with van der Waals surface area (Å²) in [6.45, 7) is 2.59. The third-order valence-corrected chi connectivity index (χ3v) is 3.90. The van der Waals surface area contributed by atoms with Crippen molar-refractivity contribution in [2.75, 3.05) is 18.9 Å². The minimum Gasteiger partial charge on any atom is -0.326 e. The Hall–Kier alpha value is -1.68. The van der Waals surface area contributed by atoms with Crippen molar-refractivity contribution in [2.45, 2.75) is 38.6 Å². The Bertz CT molecular complexity index is 499. The molecule has 1 aromatic rings. The van der Waals surface area contributed by atoms with Crippen molar-refractivity contribution in [3.05, 3.63) is 29.8 Å². The summed E-state index contributed by atoms with van der Waals surface area (Å²) in [5, 5.41) is 2.89. The van der Waals surface area contributed by atoms with Crippen LogP contribution in [0, 0.1) is 0 Å². The molecule has 1 unspecified atom stereocenters. The van der Waals surface area contributed by atoms with E-state index >= 15 is 0 Å². The number of nitrogens with zero attached hydrogens (tertiary/aromatic N) is 1. The van der Waals surface area contributed by atoms with Crippen molar-refractivity contribution in [3.63, 3.8) is 0 Å². The number of likely N-dealkylation sites (tertiary alicyclic amines) is 1. The van der Waals surface area contributed by atoms with Crippen LogP contribution in [-0.4, -0.2) is 36.2 Å². The third-order valence-electron chi connectivity index (χ3n) is 3.90. The van der Waals surface area contributed by atoms with E-state index in [2.05, 4.69) is 17.3 Å². The first-order valence-corrected chi connectivity index (χ1v) is 7.17. The number of rotatable bonds is 4. The van der Waals surface area contributed by atoms with E-state index in [1.54, 1.807) is 18.2 Å². The number of Topliss-reactive ketones (excluding diaryl/α,β-unsaturated/α-hetero) is 1. The monoisotopic (exact) mass is 274 g/mol. The van der Waals surface area contributed by atoms with Crippen LogP contribution >= 0.6 is 0 Å². The maximum absolute atomic E-state index is 12.1. The number of amides is 1. The predicted octanol–water partition coefficient (Wildman–Crippen LogP) is 2.70. The Kier molecular flexibility index (Phi) is 4.90. The Balaban J connectivity index is 1.94. The molecule has 1 aromatic carbocycles. The van der Waals surface area contributed by atoms with Crippen LogP contribution in [0.5, 0.6) is 0 Å². The van der Waals surface area contributed by atoms with Crippen molar-refractivity contribution in [1.82, 2.24) is 4.90 Å². The number of benzene rings is 1. The van der Waals surface area contributed by atoms with Crippen molar-refractivity contribution in [3.8, 4) is 0 Å². The molecule has 1 fully saturated rings. The van der Waals surface area contributed by atoms with Gasteiger partial charge in [-0.25, -0.2) is 0 Å². The first-order chi connectivity index (χ1) is 9.56. The number of nitrogens with one attached hydrogen (secondary N) is 1. The first kappa shape index (κ1) is 14.7. The molecule has 0 spiro atoms. The second-order valence-corrected chi connectivity index (χ2v) is 5.52. The van der Waals surface area contributed by atoms with Crippen LogP contribution in [-0.2, 0) is 4.79 Å². The summed E-state index contributed by atoms with van der Waals surface area (Å²) >= 11 is 0. The first-order valence-electron chi connectivity index (χ1n) is 7.17. The molecule has 4 nitrogen and oxygen atoms in total. The van der Waals surface area contributed by atoms with Gasteiger partial charge in [-0.1, -0.05) is 18.6 Å². The highest BCUT2D eigenvalue weighted by atomic mass is 16.1. The molecule has 0 radical (unpaired) electrons. The summed E-state index contributed by atoms with van der Waals surface area (Å²) < 4.78 is 0. The average molecular weight is 274 g/mol. The minimum absolute atomic E-state index is 0.00751. The molecule has 1 aliphatic rings. The van der Waals surface area contributed by atoms with Gasteiger partial charge in [0.25, 0.3) is 0 Å². The molecular formula is C16H22N2O2. The van der Waals surface area contributed by atoms with Crippen LogP contribution in [0.2, 0.25) is 0 Å². The summed E-state index contributed by atoms with van der Waals surface area (Å²) in [5.74, 6) is 0.0255. The van der Waals surface area contributed by atoms with Crippen molar-refractivity contribution in [1.29, 1.82) is 0 Å². The van der Waals surface area contributed by atoms with E-state index in [-0.39, 0.29) is 11.7 Å². The average Bonchev–Trinajstić information content (AvgIpc) is 2.41. The minimum atomic E-state index is 0.00751. The highest BCUT2D eigenvalue weighted by molar-refractivity contribution is 5.97. The van der Waals surface area contributed by atoms with Gasteiger partial charge in [-0.3, -0.25) is 9.59 Å². The fourth-order valence-electron chi connectivity index (χ4n) is 2.64. The van der Waals surface area contributed by atoms with Crippen LogP contribution in [0.1, 0.15) is 43.0 Å². The lowest BCUT2D eigenvalue weighted by Gasteiger charge is -2.31. The van der Waals surface area contributed by atoms with Gasteiger partial charge in [-0.15, -0.1) is 0 Å².